The van der Waals surface area contributed by atoms with Crippen LogP contribution in [0.2, 0.25) is 5.15 Å². The van der Waals surface area contributed by atoms with E-state index in [0.29, 0.717) is 28.2 Å². The Bertz CT molecular complexity index is 1430. The first-order valence-electron chi connectivity index (χ1n) is 9.10. The monoisotopic (exact) mass is 477 g/mol. The average molecular weight is 479 g/mol. The Balaban J connectivity index is 1.52. The summed E-state index contributed by atoms with van der Waals surface area (Å²) in [7, 11) is 0. The normalized spacial score (nSPS) is 11.1. The van der Waals surface area contributed by atoms with Crippen molar-refractivity contribution in [3.63, 3.8) is 0 Å². The maximum Gasteiger partial charge on any atom is 0.258 e. The van der Waals surface area contributed by atoms with Crippen molar-refractivity contribution in [2.45, 2.75) is 0 Å². The minimum atomic E-state index is -0.338. The van der Waals surface area contributed by atoms with Crippen LogP contribution in [0.3, 0.4) is 0 Å². The number of nitrogens with one attached hydrogen (secondary N) is 1. The van der Waals surface area contributed by atoms with Crippen molar-refractivity contribution in [3.05, 3.63) is 88.1 Å². The summed E-state index contributed by atoms with van der Waals surface area (Å²) in [6.07, 6.45) is 1.54. The van der Waals surface area contributed by atoms with Gasteiger partial charge in [0.25, 0.3) is 5.91 Å². The summed E-state index contributed by atoms with van der Waals surface area (Å²) < 4.78 is 7.01. The van der Waals surface area contributed by atoms with Gasteiger partial charge in [-0.15, -0.1) is 0 Å². The maximum atomic E-state index is 12.5. The van der Waals surface area contributed by atoms with E-state index in [0.717, 1.165) is 20.8 Å². The van der Waals surface area contributed by atoms with Crippen molar-refractivity contribution < 1.29 is 9.21 Å². The lowest BCUT2D eigenvalue weighted by atomic mass is 10.0. The van der Waals surface area contributed by atoms with Gasteiger partial charge in [-0.05, 0) is 53.2 Å². The van der Waals surface area contributed by atoms with Crippen molar-refractivity contribution in [1.29, 1.82) is 0 Å². The molecule has 30 heavy (non-hydrogen) atoms. The highest BCUT2D eigenvalue weighted by Gasteiger charge is 2.15. The van der Waals surface area contributed by atoms with Gasteiger partial charge in [0.1, 0.15) is 10.7 Å². The van der Waals surface area contributed by atoms with Crippen LogP contribution in [0.25, 0.3) is 33.3 Å². The number of aromatic nitrogens is 2. The minimum absolute atomic E-state index is 0.155. The van der Waals surface area contributed by atoms with Crippen molar-refractivity contribution >= 4 is 61.0 Å². The van der Waals surface area contributed by atoms with Gasteiger partial charge in [-0.25, -0.2) is 9.97 Å². The summed E-state index contributed by atoms with van der Waals surface area (Å²) in [6, 6.07) is 20.6. The van der Waals surface area contributed by atoms with Crippen molar-refractivity contribution in [1.82, 2.24) is 9.97 Å². The Morgan fingerprint density at radius 1 is 1.00 bits per heavy atom. The van der Waals surface area contributed by atoms with Gasteiger partial charge in [0.2, 0.25) is 5.89 Å². The van der Waals surface area contributed by atoms with Crippen LogP contribution in [0.5, 0.6) is 0 Å². The van der Waals surface area contributed by atoms with Crippen LogP contribution in [0.1, 0.15) is 10.4 Å². The van der Waals surface area contributed by atoms with Crippen LogP contribution in [-0.4, -0.2) is 15.9 Å². The van der Waals surface area contributed by atoms with E-state index in [2.05, 4.69) is 31.2 Å². The molecule has 0 aliphatic carbocycles. The Morgan fingerprint density at radius 3 is 2.70 bits per heavy atom. The Morgan fingerprint density at radius 2 is 1.83 bits per heavy atom. The number of fused-ring (bicyclic) bond motifs is 2. The molecule has 2 aromatic heterocycles. The summed E-state index contributed by atoms with van der Waals surface area (Å²) in [6.45, 7) is 0. The van der Waals surface area contributed by atoms with Crippen molar-refractivity contribution in [2.24, 2.45) is 0 Å². The molecule has 1 N–H and O–H groups in total. The quantitative estimate of drug-likeness (QED) is 0.293. The number of oxazole rings is 1. The van der Waals surface area contributed by atoms with Gasteiger partial charge < -0.3 is 9.73 Å². The predicted octanol–water partition coefficient (Wildman–Crippen LogP) is 6.71. The van der Waals surface area contributed by atoms with E-state index in [-0.39, 0.29) is 11.1 Å². The number of pyridine rings is 1. The topological polar surface area (TPSA) is 68.0 Å². The summed E-state index contributed by atoms with van der Waals surface area (Å²) in [4.78, 5) is 21.1. The molecule has 146 valence electrons. The second kappa shape index (κ2) is 7.55. The number of halogens is 2. The highest BCUT2D eigenvalue weighted by Crippen LogP contribution is 2.34. The van der Waals surface area contributed by atoms with Crippen molar-refractivity contribution in [2.75, 3.05) is 5.32 Å². The molecular weight excluding hydrogens is 466 g/mol. The molecule has 0 bridgehead atoms. The van der Waals surface area contributed by atoms with E-state index in [1.165, 1.54) is 6.20 Å². The van der Waals surface area contributed by atoms with E-state index >= 15 is 0 Å². The van der Waals surface area contributed by atoms with E-state index < -0.39 is 0 Å². The second-order valence-electron chi connectivity index (χ2n) is 6.64. The molecule has 0 aliphatic rings. The first-order valence-corrected chi connectivity index (χ1v) is 10.3. The zero-order valence-corrected chi connectivity index (χ0v) is 17.7. The summed E-state index contributed by atoms with van der Waals surface area (Å²) in [5, 5.41) is 5.10. The molecule has 5 aromatic rings. The maximum absolute atomic E-state index is 12.5. The van der Waals surface area contributed by atoms with Gasteiger partial charge >= 0.3 is 0 Å². The summed E-state index contributed by atoms with van der Waals surface area (Å²) >= 11 is 9.60. The molecule has 5 nitrogen and oxygen atoms in total. The molecule has 3 aromatic carbocycles. The summed E-state index contributed by atoms with van der Waals surface area (Å²) in [5.74, 6) is 0.183. The van der Waals surface area contributed by atoms with Crippen LogP contribution in [0.15, 0.2) is 81.8 Å². The molecule has 5 rings (SSSR count). The summed E-state index contributed by atoms with van der Waals surface area (Å²) in [5.41, 5.74) is 3.08. The van der Waals surface area contributed by atoms with Gasteiger partial charge in [-0.1, -0.05) is 51.8 Å². The van der Waals surface area contributed by atoms with Crippen LogP contribution in [0, 0.1) is 0 Å². The number of anilines is 1. The molecule has 1 amide bonds. The van der Waals surface area contributed by atoms with Crippen LogP contribution in [-0.2, 0) is 0 Å². The molecule has 0 fully saturated rings. The zero-order valence-electron chi connectivity index (χ0n) is 15.4. The molecule has 0 radical (unpaired) electrons. The predicted molar refractivity (Wildman–Crippen MR) is 122 cm³/mol. The number of carbonyl (C=O) groups is 1. The Labute approximate surface area is 184 Å². The highest BCUT2D eigenvalue weighted by molar-refractivity contribution is 9.10. The molecule has 0 saturated carbocycles. The number of nitrogens with zero attached hydrogens (tertiary/aromatic N) is 2. The molecular formula is C23H13BrClN3O2. The van der Waals surface area contributed by atoms with Crippen molar-refractivity contribution in [3.8, 4) is 11.5 Å². The molecule has 0 aliphatic heterocycles. The Hall–Kier alpha value is -3.22. The fraction of sp³-hybridized carbons (Fsp3) is 0. The molecule has 0 unspecified atom stereocenters. The standard InChI is InChI=1S/C23H13BrClN3O2/c24-18-8-2-4-14-15(18)5-1-6-16(14)23-28-19-12-13(9-10-20(19)30-23)27-22(29)17-7-3-11-26-21(17)25/h1-12H,(H,27,29). The number of benzene rings is 3. The molecule has 0 spiro atoms. The number of rotatable bonds is 3. The van der Waals surface area contributed by atoms with E-state index in [1.807, 2.05) is 36.4 Å². The third-order valence-electron chi connectivity index (χ3n) is 4.75. The van der Waals surface area contributed by atoms with E-state index in [4.69, 9.17) is 16.0 Å². The SMILES string of the molecule is O=C(Nc1ccc2oc(-c3cccc4c(Br)cccc34)nc2c1)c1cccnc1Cl. The lowest BCUT2D eigenvalue weighted by Gasteiger charge is -2.05. The number of carbonyl (C=O) groups excluding carboxylic acids is 1. The van der Waals surface area contributed by atoms with Gasteiger partial charge in [0, 0.05) is 21.9 Å². The molecule has 0 saturated heterocycles. The fourth-order valence-corrected chi connectivity index (χ4v) is 4.04. The van der Waals surface area contributed by atoms with Gasteiger partial charge in [0.15, 0.2) is 5.58 Å². The van der Waals surface area contributed by atoms with Crippen LogP contribution in [0.4, 0.5) is 5.69 Å². The van der Waals surface area contributed by atoms with E-state index in [9.17, 15) is 4.79 Å². The third-order valence-corrected chi connectivity index (χ3v) is 5.74. The first-order chi connectivity index (χ1) is 14.6. The van der Waals surface area contributed by atoms with Gasteiger partial charge in [-0.2, -0.15) is 0 Å². The molecule has 0 atom stereocenters. The molecule has 7 heteroatoms. The minimum Gasteiger partial charge on any atom is -0.436 e. The number of hydrogen-bond donors (Lipinski definition) is 1. The smallest absolute Gasteiger partial charge is 0.258 e. The third kappa shape index (κ3) is 3.34. The lowest BCUT2D eigenvalue weighted by Crippen LogP contribution is -2.12. The lowest BCUT2D eigenvalue weighted by molar-refractivity contribution is 0.102. The average Bonchev–Trinajstić information content (AvgIpc) is 3.17. The largest absolute Gasteiger partial charge is 0.436 e. The van der Waals surface area contributed by atoms with Crippen LogP contribution < -0.4 is 5.32 Å². The fourth-order valence-electron chi connectivity index (χ4n) is 3.33. The zero-order chi connectivity index (χ0) is 20.7. The number of amides is 1. The van der Waals surface area contributed by atoms with Crippen LogP contribution >= 0.6 is 27.5 Å². The molecule has 2 heterocycles. The van der Waals surface area contributed by atoms with E-state index in [1.54, 1.807) is 30.3 Å². The Kier molecular flexibility index (Phi) is 4.73. The second-order valence-corrected chi connectivity index (χ2v) is 7.85. The van der Waals surface area contributed by atoms with Gasteiger partial charge in [0.05, 0.1) is 5.56 Å². The first kappa shape index (κ1) is 18.8. The highest BCUT2D eigenvalue weighted by atomic mass is 79.9. The van der Waals surface area contributed by atoms with Gasteiger partial charge in [-0.3, -0.25) is 4.79 Å². The number of hydrogen-bond acceptors (Lipinski definition) is 4.